The van der Waals surface area contributed by atoms with Gasteiger partial charge in [0.15, 0.2) is 8.32 Å². The van der Waals surface area contributed by atoms with Crippen LogP contribution in [0, 0.1) is 0 Å². The molecule has 124 valence electrons. The van der Waals surface area contributed by atoms with E-state index in [4.69, 9.17) is 14.9 Å². The zero-order chi connectivity index (χ0) is 16.4. The van der Waals surface area contributed by atoms with Crippen molar-refractivity contribution in [2.24, 2.45) is 5.73 Å². The van der Waals surface area contributed by atoms with Crippen molar-refractivity contribution in [1.29, 1.82) is 0 Å². The highest BCUT2D eigenvalue weighted by Gasteiger charge is 2.45. The maximum Gasteiger partial charge on any atom is 0.192 e. The molecule has 0 aromatic heterocycles. The third-order valence-electron chi connectivity index (χ3n) is 4.68. The number of hydrogen-bond donors (Lipinski definition) is 3. The fourth-order valence-electron chi connectivity index (χ4n) is 2.21. The Morgan fingerprint density at radius 2 is 2.05 bits per heavy atom. The molecule has 5 atom stereocenters. The van der Waals surface area contributed by atoms with Gasteiger partial charge in [0.25, 0.3) is 0 Å². The molecule has 4 N–H and O–H groups in total. The molecule has 6 heteroatoms. The molecule has 0 spiro atoms. The molecule has 1 aliphatic heterocycles. The lowest BCUT2D eigenvalue weighted by atomic mass is 9.94. The Balaban J connectivity index is 2.93. The number of aliphatic hydroxyl groups excluding tert-OH is 2. The highest BCUT2D eigenvalue weighted by molar-refractivity contribution is 6.74. The normalized spacial score (nSPS) is 32.8. The van der Waals surface area contributed by atoms with E-state index in [1.54, 1.807) is 6.08 Å². The Bertz CT molecular complexity index is 356. The number of ether oxygens (including phenoxy) is 1. The minimum absolute atomic E-state index is 0.0641. The first-order valence-electron chi connectivity index (χ1n) is 7.54. The van der Waals surface area contributed by atoms with E-state index in [1.165, 1.54) is 0 Å². The van der Waals surface area contributed by atoms with E-state index in [1.807, 2.05) is 0 Å². The Labute approximate surface area is 129 Å². The van der Waals surface area contributed by atoms with E-state index >= 15 is 0 Å². The summed E-state index contributed by atoms with van der Waals surface area (Å²) in [7, 11) is -2.00. The molecule has 1 aliphatic rings. The van der Waals surface area contributed by atoms with Crippen LogP contribution < -0.4 is 5.73 Å². The molecular formula is C15H31NO4Si. The summed E-state index contributed by atoms with van der Waals surface area (Å²) in [4.78, 5) is 0. The van der Waals surface area contributed by atoms with Crippen LogP contribution in [0.3, 0.4) is 0 Å². The Morgan fingerprint density at radius 1 is 1.48 bits per heavy atom. The van der Waals surface area contributed by atoms with Gasteiger partial charge < -0.3 is 25.1 Å². The molecule has 0 radical (unpaired) electrons. The topological polar surface area (TPSA) is 84.9 Å². The average molecular weight is 318 g/mol. The van der Waals surface area contributed by atoms with Crippen molar-refractivity contribution < 1.29 is 19.4 Å². The second-order valence-corrected chi connectivity index (χ2v) is 12.1. The molecule has 0 aromatic carbocycles. The van der Waals surface area contributed by atoms with Crippen molar-refractivity contribution in [3.8, 4) is 0 Å². The maximum absolute atomic E-state index is 10.1. The Hall–Kier alpha value is -0.243. The van der Waals surface area contributed by atoms with Crippen LogP contribution in [-0.2, 0) is 9.16 Å². The van der Waals surface area contributed by atoms with Crippen molar-refractivity contribution in [3.05, 3.63) is 12.7 Å². The molecule has 0 amide bonds. The van der Waals surface area contributed by atoms with Crippen LogP contribution in [0.1, 0.15) is 27.2 Å². The van der Waals surface area contributed by atoms with Gasteiger partial charge in [-0.25, -0.2) is 0 Å². The maximum atomic E-state index is 10.1. The molecule has 4 unspecified atom stereocenters. The first-order valence-corrected chi connectivity index (χ1v) is 10.4. The molecule has 1 saturated heterocycles. The molecule has 0 aliphatic carbocycles. The molecule has 1 fully saturated rings. The molecule has 0 saturated carbocycles. The van der Waals surface area contributed by atoms with Crippen LogP contribution >= 0.6 is 0 Å². The molecule has 0 aromatic rings. The van der Waals surface area contributed by atoms with Gasteiger partial charge in [0.05, 0.1) is 24.9 Å². The largest absolute Gasteiger partial charge is 0.411 e. The van der Waals surface area contributed by atoms with Gasteiger partial charge in [0.2, 0.25) is 0 Å². The van der Waals surface area contributed by atoms with Crippen molar-refractivity contribution in [2.45, 2.75) is 75.8 Å². The van der Waals surface area contributed by atoms with E-state index in [0.717, 1.165) is 0 Å². The van der Waals surface area contributed by atoms with Gasteiger partial charge in [-0.15, -0.1) is 6.58 Å². The molecule has 5 nitrogen and oxygen atoms in total. The van der Waals surface area contributed by atoms with Crippen LogP contribution in [0.15, 0.2) is 12.7 Å². The predicted molar refractivity (Wildman–Crippen MR) is 86.6 cm³/mol. The van der Waals surface area contributed by atoms with Crippen molar-refractivity contribution in [3.63, 3.8) is 0 Å². The van der Waals surface area contributed by atoms with Gasteiger partial charge >= 0.3 is 0 Å². The smallest absolute Gasteiger partial charge is 0.192 e. The summed E-state index contributed by atoms with van der Waals surface area (Å²) in [5, 5.41) is 19.5. The van der Waals surface area contributed by atoms with E-state index < -0.39 is 26.6 Å². The van der Waals surface area contributed by atoms with E-state index in [0.29, 0.717) is 6.42 Å². The number of nitrogens with two attached hydrogens (primary N) is 1. The first-order chi connectivity index (χ1) is 9.53. The summed E-state index contributed by atoms with van der Waals surface area (Å²) in [6, 6.07) is -0.388. The van der Waals surface area contributed by atoms with Crippen LogP contribution in [0.25, 0.3) is 0 Å². The average Bonchev–Trinajstić information content (AvgIpc) is 2.36. The third kappa shape index (κ3) is 4.37. The fourth-order valence-corrected chi connectivity index (χ4v) is 3.55. The first kappa shape index (κ1) is 18.8. The quantitative estimate of drug-likeness (QED) is 0.527. The summed E-state index contributed by atoms with van der Waals surface area (Å²) in [6.45, 7) is 14.3. The summed E-state index contributed by atoms with van der Waals surface area (Å²) >= 11 is 0. The molecule has 1 heterocycles. The Kier molecular flexibility index (Phi) is 6.17. The van der Waals surface area contributed by atoms with Crippen LogP contribution in [0.5, 0.6) is 0 Å². The van der Waals surface area contributed by atoms with Crippen LogP contribution in [0.4, 0.5) is 0 Å². The second-order valence-electron chi connectivity index (χ2n) is 7.35. The van der Waals surface area contributed by atoms with Gasteiger partial charge in [0.1, 0.15) is 12.2 Å². The zero-order valence-corrected chi connectivity index (χ0v) is 14.9. The summed E-state index contributed by atoms with van der Waals surface area (Å²) in [5.41, 5.74) is 6.06. The van der Waals surface area contributed by atoms with Gasteiger partial charge in [-0.2, -0.15) is 0 Å². The monoisotopic (exact) mass is 317 g/mol. The number of rotatable bonds is 5. The van der Waals surface area contributed by atoms with Crippen molar-refractivity contribution >= 4 is 8.32 Å². The zero-order valence-electron chi connectivity index (χ0n) is 13.9. The fraction of sp³-hybridized carbons (Fsp3) is 0.867. The highest BCUT2D eigenvalue weighted by atomic mass is 28.4. The second kappa shape index (κ2) is 6.89. The van der Waals surface area contributed by atoms with Gasteiger partial charge in [0, 0.05) is 6.42 Å². The molecule has 21 heavy (non-hydrogen) atoms. The van der Waals surface area contributed by atoms with Crippen LogP contribution in [0.2, 0.25) is 18.1 Å². The third-order valence-corrected chi connectivity index (χ3v) is 9.19. The molecule has 1 rings (SSSR count). The highest BCUT2D eigenvalue weighted by Crippen LogP contribution is 2.39. The van der Waals surface area contributed by atoms with Gasteiger partial charge in [-0.3, -0.25) is 0 Å². The van der Waals surface area contributed by atoms with Crippen LogP contribution in [-0.4, -0.2) is 55.6 Å². The van der Waals surface area contributed by atoms with E-state index in [-0.39, 0.29) is 23.8 Å². The van der Waals surface area contributed by atoms with Gasteiger partial charge in [-0.1, -0.05) is 26.8 Å². The lowest BCUT2D eigenvalue weighted by Crippen LogP contribution is -2.59. The number of aliphatic hydroxyl groups is 2. The van der Waals surface area contributed by atoms with Gasteiger partial charge in [-0.05, 0) is 18.1 Å². The lowest BCUT2D eigenvalue weighted by Gasteiger charge is -2.46. The lowest BCUT2D eigenvalue weighted by molar-refractivity contribution is -0.177. The summed E-state index contributed by atoms with van der Waals surface area (Å²) < 4.78 is 12.2. The Morgan fingerprint density at radius 3 is 2.48 bits per heavy atom. The minimum atomic E-state index is -2.00. The standard InChI is InChI=1S/C15H31NO4Si/c1-7-10(16)14-12(8-11(18)13(9-17)19-14)20-21(5,6)15(2,3)4/h7,10-14,17-18H,1,8-9,16H2,2-6H3/t10-,11?,12?,13?,14?/m0/s1. The van der Waals surface area contributed by atoms with E-state index in [9.17, 15) is 10.2 Å². The van der Waals surface area contributed by atoms with Crippen molar-refractivity contribution in [2.75, 3.05) is 6.61 Å². The summed E-state index contributed by atoms with van der Waals surface area (Å²) in [6.07, 6.45) is 0.0233. The summed E-state index contributed by atoms with van der Waals surface area (Å²) in [5.74, 6) is 0. The predicted octanol–water partition coefficient (Wildman–Crippen LogP) is 1.40. The van der Waals surface area contributed by atoms with Crippen molar-refractivity contribution in [1.82, 2.24) is 0 Å². The SMILES string of the molecule is C=C[C@H](N)C1OC(CO)C(O)CC1O[Si](C)(C)C(C)(C)C. The molecular weight excluding hydrogens is 286 g/mol. The molecule has 0 bridgehead atoms. The number of hydrogen-bond acceptors (Lipinski definition) is 5. The van der Waals surface area contributed by atoms with E-state index in [2.05, 4.69) is 40.4 Å². The minimum Gasteiger partial charge on any atom is -0.411 e.